The Bertz CT molecular complexity index is 623. The van der Waals surface area contributed by atoms with Crippen molar-refractivity contribution >= 4 is 0 Å². The Morgan fingerprint density at radius 2 is 1.62 bits per heavy atom. The highest BCUT2D eigenvalue weighted by Crippen LogP contribution is 2.26. The summed E-state index contributed by atoms with van der Waals surface area (Å²) in [4.78, 5) is 0. The van der Waals surface area contributed by atoms with Gasteiger partial charge in [0.05, 0.1) is 13.2 Å². The van der Waals surface area contributed by atoms with Gasteiger partial charge in [-0.25, -0.2) is 0 Å². The molecule has 0 spiro atoms. The number of rotatable bonds is 5. The molecule has 112 valence electrons. The molecule has 2 aromatic carbocycles. The van der Waals surface area contributed by atoms with Crippen molar-refractivity contribution in [3.05, 3.63) is 58.7 Å². The van der Waals surface area contributed by atoms with Gasteiger partial charge in [-0.05, 0) is 44.0 Å². The molecule has 0 aliphatic rings. The number of nitrogens with two attached hydrogens (primary N) is 1. The van der Waals surface area contributed by atoms with E-state index in [1.165, 1.54) is 5.56 Å². The topological polar surface area (TPSA) is 44.5 Å². The maximum atomic E-state index is 6.27. The molecule has 0 fully saturated rings. The summed E-state index contributed by atoms with van der Waals surface area (Å²) in [5.74, 6) is 1.69. The Kier molecular flexibility index (Phi) is 4.86. The molecule has 0 aliphatic heterocycles. The van der Waals surface area contributed by atoms with Crippen LogP contribution in [0.2, 0.25) is 0 Å². The highest BCUT2D eigenvalue weighted by molar-refractivity contribution is 5.40. The molecule has 0 saturated carbocycles. The van der Waals surface area contributed by atoms with E-state index in [0.717, 1.165) is 28.2 Å². The van der Waals surface area contributed by atoms with Crippen molar-refractivity contribution < 1.29 is 9.47 Å². The third kappa shape index (κ3) is 3.76. The number of aryl methyl sites for hydroxylation is 3. The predicted molar refractivity (Wildman–Crippen MR) is 86.1 cm³/mol. The van der Waals surface area contributed by atoms with Crippen molar-refractivity contribution in [3.8, 4) is 11.5 Å². The summed E-state index contributed by atoms with van der Waals surface area (Å²) in [7, 11) is 1.66. The molecule has 1 atom stereocenters. The molecule has 0 saturated heterocycles. The van der Waals surface area contributed by atoms with Gasteiger partial charge in [0.1, 0.15) is 18.1 Å². The van der Waals surface area contributed by atoms with E-state index in [9.17, 15) is 0 Å². The van der Waals surface area contributed by atoms with E-state index in [1.54, 1.807) is 7.11 Å². The lowest BCUT2D eigenvalue weighted by atomic mass is 10.0. The van der Waals surface area contributed by atoms with Crippen LogP contribution in [-0.4, -0.2) is 13.7 Å². The average Bonchev–Trinajstić information content (AvgIpc) is 2.47. The lowest BCUT2D eigenvalue weighted by Gasteiger charge is -2.18. The van der Waals surface area contributed by atoms with E-state index in [2.05, 4.69) is 25.1 Å². The number of hydrogen-bond acceptors (Lipinski definition) is 3. The van der Waals surface area contributed by atoms with Crippen molar-refractivity contribution in [3.63, 3.8) is 0 Å². The first-order chi connectivity index (χ1) is 10.0. The molecule has 21 heavy (non-hydrogen) atoms. The third-order valence-corrected chi connectivity index (χ3v) is 3.55. The fraction of sp³-hybridized carbons (Fsp3) is 0.333. The number of methoxy groups -OCH3 is 1. The van der Waals surface area contributed by atoms with Gasteiger partial charge >= 0.3 is 0 Å². The SMILES string of the molecule is COc1ccc(C)cc1C(N)COc1cc(C)ccc1C. The van der Waals surface area contributed by atoms with Crippen LogP contribution < -0.4 is 15.2 Å². The van der Waals surface area contributed by atoms with Crippen LogP contribution in [0.1, 0.15) is 28.3 Å². The molecule has 2 aromatic rings. The first-order valence-electron chi connectivity index (χ1n) is 7.11. The Hall–Kier alpha value is -2.00. The quantitative estimate of drug-likeness (QED) is 0.911. The van der Waals surface area contributed by atoms with E-state index < -0.39 is 0 Å². The van der Waals surface area contributed by atoms with Gasteiger partial charge in [-0.15, -0.1) is 0 Å². The van der Waals surface area contributed by atoms with Crippen molar-refractivity contribution in [2.45, 2.75) is 26.8 Å². The zero-order chi connectivity index (χ0) is 15.4. The summed E-state index contributed by atoms with van der Waals surface area (Å²) in [5.41, 5.74) is 10.7. The number of benzene rings is 2. The van der Waals surface area contributed by atoms with Gasteiger partial charge in [-0.1, -0.05) is 29.8 Å². The summed E-state index contributed by atoms with van der Waals surface area (Å²) in [6.07, 6.45) is 0. The maximum absolute atomic E-state index is 6.27. The average molecular weight is 285 g/mol. The van der Waals surface area contributed by atoms with Crippen molar-refractivity contribution in [2.75, 3.05) is 13.7 Å². The molecule has 2 rings (SSSR count). The molecule has 2 N–H and O–H groups in total. The smallest absolute Gasteiger partial charge is 0.123 e. The summed E-state index contributed by atoms with van der Waals surface area (Å²) < 4.78 is 11.3. The van der Waals surface area contributed by atoms with Crippen LogP contribution in [0.15, 0.2) is 36.4 Å². The van der Waals surface area contributed by atoms with E-state index >= 15 is 0 Å². The lowest BCUT2D eigenvalue weighted by molar-refractivity contribution is 0.284. The number of ether oxygens (including phenoxy) is 2. The van der Waals surface area contributed by atoms with Crippen LogP contribution >= 0.6 is 0 Å². The van der Waals surface area contributed by atoms with E-state index in [-0.39, 0.29) is 6.04 Å². The molecule has 0 aliphatic carbocycles. The van der Waals surface area contributed by atoms with E-state index in [1.807, 2.05) is 32.0 Å². The Labute approximate surface area is 126 Å². The third-order valence-electron chi connectivity index (χ3n) is 3.55. The van der Waals surface area contributed by atoms with Crippen LogP contribution in [0.4, 0.5) is 0 Å². The fourth-order valence-electron chi connectivity index (χ4n) is 2.28. The molecule has 3 nitrogen and oxygen atoms in total. The van der Waals surface area contributed by atoms with Gasteiger partial charge in [0.15, 0.2) is 0 Å². The van der Waals surface area contributed by atoms with Gasteiger partial charge < -0.3 is 15.2 Å². The van der Waals surface area contributed by atoms with E-state index in [0.29, 0.717) is 6.61 Å². The molecule has 0 radical (unpaired) electrons. The van der Waals surface area contributed by atoms with Gasteiger partial charge in [-0.3, -0.25) is 0 Å². The molecule has 0 amide bonds. The number of hydrogen-bond donors (Lipinski definition) is 1. The van der Waals surface area contributed by atoms with E-state index in [4.69, 9.17) is 15.2 Å². The second-order valence-corrected chi connectivity index (χ2v) is 5.43. The van der Waals surface area contributed by atoms with Gasteiger partial charge in [0, 0.05) is 5.56 Å². The zero-order valence-corrected chi connectivity index (χ0v) is 13.1. The minimum Gasteiger partial charge on any atom is -0.496 e. The molecule has 0 heterocycles. The van der Waals surface area contributed by atoms with Crippen molar-refractivity contribution in [1.29, 1.82) is 0 Å². The second-order valence-electron chi connectivity index (χ2n) is 5.43. The first-order valence-corrected chi connectivity index (χ1v) is 7.11. The molecule has 0 bridgehead atoms. The minimum atomic E-state index is -0.222. The van der Waals surface area contributed by atoms with Crippen LogP contribution in [0.25, 0.3) is 0 Å². The second kappa shape index (κ2) is 6.64. The summed E-state index contributed by atoms with van der Waals surface area (Å²) in [6.45, 7) is 6.55. The summed E-state index contributed by atoms with van der Waals surface area (Å²) >= 11 is 0. The molecule has 0 aromatic heterocycles. The Morgan fingerprint density at radius 1 is 0.952 bits per heavy atom. The molecular weight excluding hydrogens is 262 g/mol. The summed E-state index contributed by atoms with van der Waals surface area (Å²) in [5, 5.41) is 0. The van der Waals surface area contributed by atoms with Crippen molar-refractivity contribution in [2.24, 2.45) is 5.73 Å². The predicted octanol–water partition coefficient (Wildman–Crippen LogP) is 3.70. The monoisotopic (exact) mass is 285 g/mol. The van der Waals surface area contributed by atoms with Crippen molar-refractivity contribution in [1.82, 2.24) is 0 Å². The van der Waals surface area contributed by atoms with Gasteiger partial charge in [-0.2, -0.15) is 0 Å². The fourth-order valence-corrected chi connectivity index (χ4v) is 2.28. The summed E-state index contributed by atoms with van der Waals surface area (Å²) in [6, 6.07) is 12.0. The maximum Gasteiger partial charge on any atom is 0.123 e. The van der Waals surface area contributed by atoms with Crippen LogP contribution in [0, 0.1) is 20.8 Å². The highest BCUT2D eigenvalue weighted by Gasteiger charge is 2.13. The van der Waals surface area contributed by atoms with Gasteiger partial charge in [0.2, 0.25) is 0 Å². The molecule has 1 unspecified atom stereocenters. The zero-order valence-electron chi connectivity index (χ0n) is 13.1. The normalized spacial score (nSPS) is 12.0. The highest BCUT2D eigenvalue weighted by atomic mass is 16.5. The minimum absolute atomic E-state index is 0.222. The standard InChI is InChI=1S/C18H23NO2/c1-12-6-8-17(20-4)15(9-12)16(19)11-21-18-10-13(2)5-7-14(18)3/h5-10,16H,11,19H2,1-4H3. The van der Waals surface area contributed by atoms with Crippen LogP contribution in [0.5, 0.6) is 11.5 Å². The molecular formula is C18H23NO2. The van der Waals surface area contributed by atoms with Crippen LogP contribution in [0.3, 0.4) is 0 Å². The lowest BCUT2D eigenvalue weighted by Crippen LogP contribution is -2.20. The van der Waals surface area contributed by atoms with Crippen LogP contribution in [-0.2, 0) is 0 Å². The Morgan fingerprint density at radius 3 is 2.33 bits per heavy atom. The largest absolute Gasteiger partial charge is 0.496 e. The first kappa shape index (κ1) is 15.4. The van der Waals surface area contributed by atoms with Gasteiger partial charge in [0.25, 0.3) is 0 Å². The molecule has 3 heteroatoms. The Balaban J connectivity index is 2.13.